The van der Waals surface area contributed by atoms with Crippen LogP contribution in [0, 0.1) is 13.8 Å². The molecule has 38 heavy (non-hydrogen) atoms. The van der Waals surface area contributed by atoms with Gasteiger partial charge in [-0.15, -0.1) is 0 Å². The molecule has 0 saturated carbocycles. The summed E-state index contributed by atoms with van der Waals surface area (Å²) in [5.74, 6) is -0.0585. The van der Waals surface area contributed by atoms with Crippen LogP contribution in [0.4, 0.5) is 5.69 Å². The van der Waals surface area contributed by atoms with Crippen molar-refractivity contribution in [2.75, 3.05) is 31.1 Å². The number of carbonyl (C=O) groups is 2. The molecule has 3 aromatic rings. The van der Waals surface area contributed by atoms with E-state index in [1.54, 1.807) is 0 Å². The first-order valence-corrected chi connectivity index (χ1v) is 14.3. The van der Waals surface area contributed by atoms with E-state index in [4.69, 9.17) is 0 Å². The molecule has 0 aromatic heterocycles. The third-order valence-electron chi connectivity index (χ3n) is 7.27. The van der Waals surface area contributed by atoms with Gasteiger partial charge in [0.15, 0.2) is 0 Å². The second kappa shape index (κ2) is 12.0. The minimum atomic E-state index is -0.0534. The van der Waals surface area contributed by atoms with Crippen LogP contribution in [0.25, 0.3) is 6.08 Å². The molecular formula is C32H35N3O2S. The second-order valence-corrected chi connectivity index (χ2v) is 11.3. The Morgan fingerprint density at radius 2 is 1.76 bits per heavy atom. The average molecular weight is 526 g/mol. The van der Waals surface area contributed by atoms with E-state index < -0.39 is 0 Å². The molecule has 2 aliphatic rings. The highest BCUT2D eigenvalue weighted by Gasteiger charge is 2.29. The number of para-hydroxylation sites is 1. The van der Waals surface area contributed by atoms with Crippen molar-refractivity contribution in [3.8, 4) is 0 Å². The monoisotopic (exact) mass is 525 g/mol. The summed E-state index contributed by atoms with van der Waals surface area (Å²) < 4.78 is 0. The number of nitrogens with zero attached hydrogens (tertiary/aromatic N) is 2. The van der Waals surface area contributed by atoms with Crippen molar-refractivity contribution in [2.24, 2.45) is 0 Å². The first-order valence-electron chi connectivity index (χ1n) is 13.4. The number of hydrogen-bond acceptors (Lipinski definition) is 4. The van der Waals surface area contributed by atoms with Crippen molar-refractivity contribution >= 4 is 35.3 Å². The summed E-state index contributed by atoms with van der Waals surface area (Å²) >= 11 is 1.50. The van der Waals surface area contributed by atoms with Gasteiger partial charge in [-0.25, -0.2) is 0 Å². The number of thioether (sulfide) groups is 1. The minimum absolute atomic E-state index is 0.00516. The topological polar surface area (TPSA) is 52.7 Å². The van der Waals surface area contributed by atoms with E-state index in [0.29, 0.717) is 23.6 Å². The Morgan fingerprint density at radius 1 is 1.00 bits per heavy atom. The van der Waals surface area contributed by atoms with Gasteiger partial charge in [0.25, 0.3) is 11.8 Å². The van der Waals surface area contributed by atoms with Crippen molar-refractivity contribution in [3.63, 3.8) is 0 Å². The van der Waals surface area contributed by atoms with E-state index in [-0.39, 0.29) is 11.8 Å². The number of aryl methyl sites for hydroxylation is 2. The molecule has 2 amide bonds. The summed E-state index contributed by atoms with van der Waals surface area (Å²) in [5.41, 5.74) is 5.99. The lowest BCUT2D eigenvalue weighted by molar-refractivity contribution is -0.114. The van der Waals surface area contributed by atoms with Crippen molar-refractivity contribution in [2.45, 2.75) is 44.6 Å². The fourth-order valence-corrected chi connectivity index (χ4v) is 6.11. The summed E-state index contributed by atoms with van der Waals surface area (Å²) in [6.07, 6.45) is 5.47. The van der Waals surface area contributed by atoms with Crippen LogP contribution in [0.3, 0.4) is 0 Å². The highest BCUT2D eigenvalue weighted by molar-refractivity contribution is 8.04. The first-order chi connectivity index (χ1) is 18.5. The van der Waals surface area contributed by atoms with Gasteiger partial charge in [0.05, 0.1) is 17.1 Å². The molecule has 3 aromatic carbocycles. The number of fused-ring (bicyclic) bond motifs is 1. The Bertz CT molecular complexity index is 1340. The Balaban J connectivity index is 1.28. The van der Waals surface area contributed by atoms with Crippen LogP contribution >= 0.6 is 11.8 Å². The summed E-state index contributed by atoms with van der Waals surface area (Å²) in [5, 5.41) is 3.03. The van der Waals surface area contributed by atoms with Crippen LogP contribution in [0.5, 0.6) is 0 Å². The maximum absolute atomic E-state index is 13.7. The molecule has 0 aliphatic carbocycles. The molecular weight excluding hydrogens is 490 g/mol. The van der Waals surface area contributed by atoms with Gasteiger partial charge >= 0.3 is 0 Å². The lowest BCUT2D eigenvalue weighted by atomic mass is 10.0. The van der Waals surface area contributed by atoms with Crippen molar-refractivity contribution < 1.29 is 9.59 Å². The predicted octanol–water partition coefficient (Wildman–Crippen LogP) is 6.20. The number of carbonyl (C=O) groups excluding carboxylic acids is 2. The van der Waals surface area contributed by atoms with Gasteiger partial charge in [-0.3, -0.25) is 9.59 Å². The normalized spacial score (nSPS) is 16.6. The lowest BCUT2D eigenvalue weighted by Gasteiger charge is -2.31. The molecule has 2 aliphatic heterocycles. The van der Waals surface area contributed by atoms with Gasteiger partial charge in [0, 0.05) is 17.0 Å². The molecule has 0 spiro atoms. The summed E-state index contributed by atoms with van der Waals surface area (Å²) in [7, 11) is 0. The minimum Gasteiger partial charge on any atom is -0.352 e. The van der Waals surface area contributed by atoms with E-state index in [9.17, 15) is 9.59 Å². The van der Waals surface area contributed by atoms with Crippen molar-refractivity contribution in [3.05, 3.63) is 99.5 Å². The Morgan fingerprint density at radius 3 is 2.55 bits per heavy atom. The molecule has 5 nitrogen and oxygen atoms in total. The van der Waals surface area contributed by atoms with Crippen LogP contribution < -0.4 is 10.2 Å². The first kappa shape index (κ1) is 26.3. The van der Waals surface area contributed by atoms with Gasteiger partial charge in [-0.2, -0.15) is 0 Å². The van der Waals surface area contributed by atoms with E-state index in [1.807, 2.05) is 53.4 Å². The SMILES string of the molecule is Cc1ccc(C)c(CN2C(=O)/C(=C/c3ccc(C(=O)NCCCN4CCCC4)cc3)Sc3ccccc32)c1. The van der Waals surface area contributed by atoms with Gasteiger partial charge in [0.1, 0.15) is 0 Å². The smallest absolute Gasteiger partial charge is 0.265 e. The molecule has 0 atom stereocenters. The molecule has 6 heteroatoms. The quantitative estimate of drug-likeness (QED) is 0.281. The predicted molar refractivity (Wildman–Crippen MR) is 156 cm³/mol. The lowest BCUT2D eigenvalue weighted by Crippen LogP contribution is -2.34. The molecule has 1 saturated heterocycles. The zero-order chi connectivity index (χ0) is 26.5. The van der Waals surface area contributed by atoms with Crippen LogP contribution in [0.2, 0.25) is 0 Å². The molecule has 1 fully saturated rings. The Kier molecular flexibility index (Phi) is 8.30. The number of anilines is 1. The third kappa shape index (κ3) is 6.20. The molecule has 0 radical (unpaired) electrons. The number of hydrogen-bond donors (Lipinski definition) is 1. The number of rotatable bonds is 8. The molecule has 0 unspecified atom stereocenters. The van der Waals surface area contributed by atoms with E-state index >= 15 is 0 Å². The van der Waals surface area contributed by atoms with Gasteiger partial charge in [-0.05, 0) is 99.8 Å². The van der Waals surface area contributed by atoms with Crippen LogP contribution in [-0.4, -0.2) is 42.9 Å². The van der Waals surface area contributed by atoms with Gasteiger partial charge < -0.3 is 15.1 Å². The standard InChI is InChI=1S/C32H35N3O2S/c1-23-10-11-24(2)27(20-23)22-35-28-8-3-4-9-29(28)38-30(32(35)37)21-25-12-14-26(15-13-25)31(36)33-16-7-19-34-17-5-6-18-34/h3-4,8-15,20-21H,5-7,16-19,22H2,1-2H3,(H,33,36)/b30-21-. The summed E-state index contributed by atoms with van der Waals surface area (Å²) in [4.78, 5) is 32.3. The van der Waals surface area contributed by atoms with Crippen molar-refractivity contribution in [1.29, 1.82) is 0 Å². The second-order valence-electron chi connectivity index (χ2n) is 10.2. The van der Waals surface area contributed by atoms with Crippen LogP contribution in [0.15, 0.2) is 76.5 Å². The average Bonchev–Trinajstić information content (AvgIpc) is 3.45. The largest absolute Gasteiger partial charge is 0.352 e. The summed E-state index contributed by atoms with van der Waals surface area (Å²) in [6, 6.07) is 21.9. The molecule has 0 bridgehead atoms. The number of benzene rings is 3. The maximum Gasteiger partial charge on any atom is 0.265 e. The molecule has 2 heterocycles. The van der Waals surface area contributed by atoms with Gasteiger partial charge in [-0.1, -0.05) is 59.8 Å². The highest BCUT2D eigenvalue weighted by atomic mass is 32.2. The fraction of sp³-hybridized carbons (Fsp3) is 0.312. The zero-order valence-electron chi connectivity index (χ0n) is 22.2. The van der Waals surface area contributed by atoms with Crippen molar-refractivity contribution in [1.82, 2.24) is 10.2 Å². The van der Waals surface area contributed by atoms with Crippen LogP contribution in [-0.2, 0) is 11.3 Å². The Hall–Kier alpha value is -3.35. The third-order valence-corrected chi connectivity index (χ3v) is 8.35. The summed E-state index contributed by atoms with van der Waals surface area (Å²) in [6.45, 7) is 8.78. The number of likely N-dealkylation sites (tertiary alicyclic amines) is 1. The van der Waals surface area contributed by atoms with Gasteiger partial charge in [0.2, 0.25) is 0 Å². The maximum atomic E-state index is 13.7. The number of nitrogens with one attached hydrogen (secondary N) is 1. The highest BCUT2D eigenvalue weighted by Crippen LogP contribution is 2.42. The van der Waals surface area contributed by atoms with Crippen LogP contribution in [0.1, 0.15) is 51.9 Å². The number of amides is 2. The molecule has 1 N–H and O–H groups in total. The fourth-order valence-electron chi connectivity index (χ4n) is 5.06. The molecule has 196 valence electrons. The van der Waals surface area contributed by atoms with E-state index in [1.165, 1.54) is 48.8 Å². The molecule has 5 rings (SSSR count). The van der Waals surface area contributed by atoms with E-state index in [2.05, 4.69) is 48.3 Å². The zero-order valence-corrected chi connectivity index (χ0v) is 23.0. The Labute approximate surface area is 229 Å². The van der Waals surface area contributed by atoms with E-state index in [0.717, 1.165) is 34.7 Å².